The molecule has 1 fully saturated rings. The molecule has 0 radical (unpaired) electrons. The number of nitrogens with one attached hydrogen (secondary N) is 1. The molecule has 1 atom stereocenters. The van der Waals surface area contributed by atoms with Gasteiger partial charge in [-0.05, 0) is 25.5 Å². The summed E-state index contributed by atoms with van der Waals surface area (Å²) in [7, 11) is 0. The maximum absolute atomic E-state index is 11.7. The predicted molar refractivity (Wildman–Crippen MR) is 83.2 cm³/mol. The fourth-order valence-corrected chi connectivity index (χ4v) is 2.81. The van der Waals surface area contributed by atoms with Crippen LogP contribution >= 0.6 is 0 Å². The van der Waals surface area contributed by atoms with Crippen LogP contribution in [-0.2, 0) is 4.79 Å². The summed E-state index contributed by atoms with van der Waals surface area (Å²) in [6.45, 7) is 5.55. The Hall–Kier alpha value is -2.17. The van der Waals surface area contributed by atoms with Crippen molar-refractivity contribution in [2.24, 2.45) is 0 Å². The number of carbonyl (C=O) groups is 1. The third-order valence-corrected chi connectivity index (χ3v) is 3.98. The summed E-state index contributed by atoms with van der Waals surface area (Å²) in [5, 5.41) is 4.51. The SMILES string of the molecule is CCC(=O)N1CCC(Nc2ncnc3ccc(C)cc23)C1. The molecule has 1 aromatic carbocycles. The van der Waals surface area contributed by atoms with E-state index in [4.69, 9.17) is 0 Å². The Morgan fingerprint density at radius 1 is 1.43 bits per heavy atom. The minimum Gasteiger partial charge on any atom is -0.365 e. The van der Waals surface area contributed by atoms with E-state index >= 15 is 0 Å². The van der Waals surface area contributed by atoms with Crippen molar-refractivity contribution in [1.82, 2.24) is 14.9 Å². The van der Waals surface area contributed by atoms with Crippen molar-refractivity contribution in [3.05, 3.63) is 30.1 Å². The molecule has 1 aliphatic heterocycles. The van der Waals surface area contributed by atoms with E-state index in [-0.39, 0.29) is 11.9 Å². The molecule has 1 aromatic heterocycles. The van der Waals surface area contributed by atoms with Crippen LogP contribution in [-0.4, -0.2) is 39.9 Å². The van der Waals surface area contributed by atoms with Gasteiger partial charge in [0, 0.05) is 30.9 Å². The van der Waals surface area contributed by atoms with E-state index in [1.807, 2.05) is 17.9 Å². The van der Waals surface area contributed by atoms with Gasteiger partial charge in [-0.2, -0.15) is 0 Å². The molecule has 5 nitrogen and oxygen atoms in total. The van der Waals surface area contributed by atoms with Gasteiger partial charge < -0.3 is 10.2 Å². The third kappa shape index (κ3) is 2.82. The number of aryl methyl sites for hydroxylation is 1. The first-order valence-corrected chi connectivity index (χ1v) is 7.43. The van der Waals surface area contributed by atoms with Crippen LogP contribution in [0.1, 0.15) is 25.3 Å². The summed E-state index contributed by atoms with van der Waals surface area (Å²) in [5.74, 6) is 1.09. The van der Waals surface area contributed by atoms with E-state index in [0.29, 0.717) is 6.42 Å². The van der Waals surface area contributed by atoms with Gasteiger partial charge in [-0.3, -0.25) is 4.79 Å². The molecule has 1 N–H and O–H groups in total. The minimum atomic E-state index is 0.225. The van der Waals surface area contributed by atoms with Crippen LogP contribution in [0.3, 0.4) is 0 Å². The number of rotatable bonds is 3. The molecular weight excluding hydrogens is 264 g/mol. The van der Waals surface area contributed by atoms with Crippen LogP contribution in [0.25, 0.3) is 10.9 Å². The van der Waals surface area contributed by atoms with E-state index in [1.54, 1.807) is 6.33 Å². The van der Waals surface area contributed by atoms with Gasteiger partial charge in [-0.1, -0.05) is 18.6 Å². The van der Waals surface area contributed by atoms with Gasteiger partial charge >= 0.3 is 0 Å². The Morgan fingerprint density at radius 3 is 3.10 bits per heavy atom. The average Bonchev–Trinajstić information content (AvgIpc) is 2.95. The lowest BCUT2D eigenvalue weighted by molar-refractivity contribution is -0.129. The normalized spacial score (nSPS) is 18.2. The van der Waals surface area contributed by atoms with Crippen molar-refractivity contribution in [2.45, 2.75) is 32.7 Å². The molecule has 110 valence electrons. The standard InChI is InChI=1S/C16H20N4O/c1-3-15(21)20-7-6-12(9-20)19-16-13-8-11(2)4-5-14(13)17-10-18-16/h4-5,8,10,12H,3,6-7,9H2,1-2H3,(H,17,18,19). The number of aromatic nitrogens is 2. The van der Waals surface area contributed by atoms with E-state index in [1.165, 1.54) is 5.56 Å². The number of carbonyl (C=O) groups excluding carboxylic acids is 1. The number of hydrogen-bond acceptors (Lipinski definition) is 4. The van der Waals surface area contributed by atoms with Crippen molar-refractivity contribution < 1.29 is 4.79 Å². The third-order valence-electron chi connectivity index (χ3n) is 3.98. The van der Waals surface area contributed by atoms with E-state index in [0.717, 1.165) is 36.2 Å². The van der Waals surface area contributed by atoms with Crippen LogP contribution < -0.4 is 5.32 Å². The summed E-state index contributed by atoms with van der Waals surface area (Å²) >= 11 is 0. The highest BCUT2D eigenvalue weighted by Gasteiger charge is 2.25. The number of amides is 1. The fraction of sp³-hybridized carbons (Fsp3) is 0.438. The zero-order valence-electron chi connectivity index (χ0n) is 12.5. The van der Waals surface area contributed by atoms with Crippen molar-refractivity contribution in [3.8, 4) is 0 Å². The Bertz CT molecular complexity index is 670. The predicted octanol–water partition coefficient (Wildman–Crippen LogP) is 2.36. The van der Waals surface area contributed by atoms with Gasteiger partial charge in [-0.15, -0.1) is 0 Å². The quantitative estimate of drug-likeness (QED) is 0.940. The maximum atomic E-state index is 11.7. The molecule has 21 heavy (non-hydrogen) atoms. The molecule has 0 aliphatic carbocycles. The second-order valence-electron chi connectivity index (χ2n) is 5.57. The van der Waals surface area contributed by atoms with Crippen LogP contribution in [0.5, 0.6) is 0 Å². The first-order chi connectivity index (χ1) is 10.2. The Kier molecular flexibility index (Phi) is 3.73. The lowest BCUT2D eigenvalue weighted by Crippen LogP contribution is -2.31. The van der Waals surface area contributed by atoms with Crippen molar-refractivity contribution >= 4 is 22.6 Å². The number of fused-ring (bicyclic) bond motifs is 1. The van der Waals surface area contributed by atoms with Gasteiger partial charge in [0.15, 0.2) is 0 Å². The lowest BCUT2D eigenvalue weighted by atomic mass is 10.1. The lowest BCUT2D eigenvalue weighted by Gasteiger charge is -2.17. The first kappa shape index (κ1) is 13.8. The summed E-state index contributed by atoms with van der Waals surface area (Å²) in [4.78, 5) is 22.3. The van der Waals surface area contributed by atoms with Crippen molar-refractivity contribution in [1.29, 1.82) is 0 Å². The molecule has 2 aromatic rings. The maximum Gasteiger partial charge on any atom is 0.222 e. The van der Waals surface area contributed by atoms with E-state index in [2.05, 4.69) is 34.3 Å². The van der Waals surface area contributed by atoms with Gasteiger partial charge in [0.25, 0.3) is 0 Å². The average molecular weight is 284 g/mol. The number of nitrogens with zero attached hydrogens (tertiary/aromatic N) is 3. The van der Waals surface area contributed by atoms with Crippen LogP contribution in [0, 0.1) is 6.92 Å². The zero-order valence-corrected chi connectivity index (χ0v) is 12.5. The molecule has 0 spiro atoms. The van der Waals surface area contributed by atoms with Crippen LogP contribution in [0.15, 0.2) is 24.5 Å². The highest BCUT2D eigenvalue weighted by molar-refractivity contribution is 5.89. The molecule has 1 aliphatic rings. The molecule has 1 unspecified atom stereocenters. The van der Waals surface area contributed by atoms with E-state index < -0.39 is 0 Å². The largest absolute Gasteiger partial charge is 0.365 e. The fourth-order valence-electron chi connectivity index (χ4n) is 2.81. The number of likely N-dealkylation sites (tertiary alicyclic amines) is 1. The van der Waals surface area contributed by atoms with Crippen molar-refractivity contribution in [2.75, 3.05) is 18.4 Å². The van der Waals surface area contributed by atoms with Gasteiger partial charge in [0.05, 0.1) is 5.52 Å². The monoisotopic (exact) mass is 284 g/mol. The smallest absolute Gasteiger partial charge is 0.222 e. The van der Waals surface area contributed by atoms with Crippen LogP contribution in [0.4, 0.5) is 5.82 Å². The zero-order chi connectivity index (χ0) is 14.8. The molecule has 5 heteroatoms. The second-order valence-corrected chi connectivity index (χ2v) is 5.57. The first-order valence-electron chi connectivity index (χ1n) is 7.43. The Labute approximate surface area is 124 Å². The summed E-state index contributed by atoms with van der Waals surface area (Å²) in [6.07, 6.45) is 3.12. The van der Waals surface area contributed by atoms with Gasteiger partial charge in [-0.25, -0.2) is 9.97 Å². The number of hydrogen-bond donors (Lipinski definition) is 1. The molecule has 1 amide bonds. The number of anilines is 1. The highest BCUT2D eigenvalue weighted by atomic mass is 16.2. The summed E-state index contributed by atoms with van der Waals surface area (Å²) in [5.41, 5.74) is 2.13. The van der Waals surface area contributed by atoms with Gasteiger partial charge in [0.1, 0.15) is 12.1 Å². The molecule has 2 heterocycles. The molecule has 1 saturated heterocycles. The molecular formula is C16H20N4O. The topological polar surface area (TPSA) is 58.1 Å². The number of benzene rings is 1. The Morgan fingerprint density at radius 2 is 2.29 bits per heavy atom. The minimum absolute atomic E-state index is 0.225. The summed E-state index contributed by atoms with van der Waals surface area (Å²) < 4.78 is 0. The molecule has 0 saturated carbocycles. The summed E-state index contributed by atoms with van der Waals surface area (Å²) in [6, 6.07) is 6.43. The van der Waals surface area contributed by atoms with Crippen LogP contribution in [0.2, 0.25) is 0 Å². The second kappa shape index (κ2) is 5.68. The van der Waals surface area contributed by atoms with Crippen molar-refractivity contribution in [3.63, 3.8) is 0 Å². The van der Waals surface area contributed by atoms with Gasteiger partial charge in [0.2, 0.25) is 5.91 Å². The van der Waals surface area contributed by atoms with E-state index in [9.17, 15) is 4.79 Å². The molecule has 0 bridgehead atoms. The highest BCUT2D eigenvalue weighted by Crippen LogP contribution is 2.23. The Balaban J connectivity index is 1.80. The molecule has 3 rings (SSSR count).